The minimum atomic E-state index is 0.467. The number of allylic oxidation sites excluding steroid dienone is 1. The summed E-state index contributed by atoms with van der Waals surface area (Å²) >= 11 is 7.85. The van der Waals surface area contributed by atoms with E-state index < -0.39 is 0 Å². The predicted molar refractivity (Wildman–Crippen MR) is 127 cm³/mol. The van der Waals surface area contributed by atoms with Crippen molar-refractivity contribution in [1.82, 2.24) is 15.0 Å². The number of nitrogens with zero attached hydrogens (tertiary/aromatic N) is 4. The molecule has 0 atom stereocenters. The van der Waals surface area contributed by atoms with Crippen LogP contribution in [-0.2, 0) is 6.54 Å². The first-order valence-electron chi connectivity index (χ1n) is 9.15. The number of rotatable bonds is 10. The number of anilines is 1. The van der Waals surface area contributed by atoms with Crippen LogP contribution in [0, 0.1) is 18.3 Å². The van der Waals surface area contributed by atoms with E-state index in [0.29, 0.717) is 35.2 Å². The number of benzene rings is 1. The molecular formula is C22H25ClN6S. The quantitative estimate of drug-likeness (QED) is 0.239. The molecule has 1 aromatic heterocycles. The summed E-state index contributed by atoms with van der Waals surface area (Å²) in [5.74, 6) is 0. The molecule has 0 fully saturated rings. The Bertz CT molecular complexity index is 978. The van der Waals surface area contributed by atoms with Crippen LogP contribution < -0.4 is 14.9 Å². The van der Waals surface area contributed by atoms with E-state index in [0.717, 1.165) is 22.6 Å². The van der Waals surface area contributed by atoms with Crippen LogP contribution in [0.5, 0.6) is 0 Å². The molecule has 0 spiro atoms. The lowest BCUT2D eigenvalue weighted by molar-refractivity contribution is 0.699. The Labute approximate surface area is 187 Å². The number of nitriles is 1. The second-order valence-corrected chi connectivity index (χ2v) is 7.57. The minimum Gasteiger partial charge on any atom is -0.370 e. The van der Waals surface area contributed by atoms with Crippen molar-refractivity contribution >= 4 is 36.0 Å². The van der Waals surface area contributed by atoms with Crippen molar-refractivity contribution < 1.29 is 0 Å². The summed E-state index contributed by atoms with van der Waals surface area (Å²) in [5.41, 5.74) is 5.48. The number of pyridine rings is 1. The van der Waals surface area contributed by atoms with Gasteiger partial charge in [0.15, 0.2) is 0 Å². The Morgan fingerprint density at radius 2 is 2.07 bits per heavy atom. The Morgan fingerprint density at radius 3 is 2.63 bits per heavy atom. The lowest BCUT2D eigenvalue weighted by atomic mass is 10.2. The highest BCUT2D eigenvalue weighted by atomic mass is 35.5. The van der Waals surface area contributed by atoms with E-state index in [1.165, 1.54) is 11.9 Å². The van der Waals surface area contributed by atoms with Gasteiger partial charge in [-0.05, 0) is 56.5 Å². The molecule has 8 heteroatoms. The normalized spacial score (nSPS) is 11.2. The largest absolute Gasteiger partial charge is 0.370 e. The van der Waals surface area contributed by atoms with Gasteiger partial charge in [0.1, 0.15) is 5.70 Å². The van der Waals surface area contributed by atoms with Crippen LogP contribution in [0.3, 0.4) is 0 Å². The third-order valence-corrected chi connectivity index (χ3v) is 5.09. The summed E-state index contributed by atoms with van der Waals surface area (Å²) in [6.45, 7) is 12.5. The Kier molecular flexibility index (Phi) is 8.78. The van der Waals surface area contributed by atoms with Crippen molar-refractivity contribution in [3.8, 4) is 6.07 Å². The zero-order valence-electron chi connectivity index (χ0n) is 17.4. The van der Waals surface area contributed by atoms with Crippen molar-refractivity contribution in [1.29, 1.82) is 5.26 Å². The van der Waals surface area contributed by atoms with Gasteiger partial charge in [-0.25, -0.2) is 0 Å². The number of aliphatic imine (C=N–C) groups is 1. The van der Waals surface area contributed by atoms with Crippen molar-refractivity contribution in [3.05, 3.63) is 82.0 Å². The fourth-order valence-electron chi connectivity index (χ4n) is 2.75. The smallest absolute Gasteiger partial charge is 0.104 e. The zero-order valence-corrected chi connectivity index (χ0v) is 18.9. The van der Waals surface area contributed by atoms with Crippen LogP contribution in [0.2, 0.25) is 5.02 Å². The van der Waals surface area contributed by atoms with Gasteiger partial charge in [0.05, 0.1) is 41.3 Å². The third-order valence-electron chi connectivity index (χ3n) is 4.32. The molecule has 1 aromatic carbocycles. The molecule has 0 bridgehead atoms. The summed E-state index contributed by atoms with van der Waals surface area (Å²) in [7, 11) is 0. The molecule has 0 saturated heterocycles. The molecule has 156 valence electrons. The molecule has 0 aliphatic heterocycles. The van der Waals surface area contributed by atoms with Gasteiger partial charge >= 0.3 is 0 Å². The molecule has 0 saturated carbocycles. The maximum atomic E-state index is 9.08. The standard InChI is InChI=1S/C22H25ClN6S/c1-15-10-20(23)21(26-12-15)13-29(19-8-6-18(11-24)7-9-19)14-27-16(2)22(25-4)17(3)28-30-5/h6-10,12,27-28H,3-4,13-14H2,1-2,5H3/b22-16-. The minimum absolute atomic E-state index is 0.467. The fraction of sp³-hybridized carbons (Fsp3) is 0.227. The summed E-state index contributed by atoms with van der Waals surface area (Å²) < 4.78 is 3.08. The number of hydrogen-bond donors (Lipinski definition) is 2. The van der Waals surface area contributed by atoms with Crippen LogP contribution in [0.4, 0.5) is 5.69 Å². The van der Waals surface area contributed by atoms with Gasteiger partial charge < -0.3 is 14.9 Å². The highest BCUT2D eigenvalue weighted by molar-refractivity contribution is 7.96. The molecule has 2 N–H and O–H groups in total. The van der Waals surface area contributed by atoms with Gasteiger partial charge in [-0.2, -0.15) is 5.26 Å². The van der Waals surface area contributed by atoms with E-state index in [-0.39, 0.29) is 0 Å². The number of nitrogens with one attached hydrogen (secondary N) is 2. The molecule has 1 heterocycles. The molecular weight excluding hydrogens is 416 g/mol. The molecule has 2 aromatic rings. The van der Waals surface area contributed by atoms with Crippen molar-refractivity contribution in [2.24, 2.45) is 4.99 Å². The van der Waals surface area contributed by atoms with Gasteiger partial charge in [0, 0.05) is 23.8 Å². The number of hydrogen-bond acceptors (Lipinski definition) is 7. The second kappa shape index (κ2) is 11.3. The van der Waals surface area contributed by atoms with Gasteiger partial charge in [-0.15, -0.1) is 0 Å². The van der Waals surface area contributed by atoms with Gasteiger partial charge in [0.25, 0.3) is 0 Å². The maximum absolute atomic E-state index is 9.08. The first-order chi connectivity index (χ1) is 14.4. The van der Waals surface area contributed by atoms with Crippen LogP contribution in [0.1, 0.15) is 23.7 Å². The summed E-state index contributed by atoms with van der Waals surface area (Å²) in [4.78, 5) is 10.7. The van der Waals surface area contributed by atoms with Gasteiger partial charge in [0.2, 0.25) is 0 Å². The average Bonchev–Trinajstić information content (AvgIpc) is 2.73. The third kappa shape index (κ3) is 6.28. The zero-order chi connectivity index (χ0) is 22.1. The van der Waals surface area contributed by atoms with Crippen LogP contribution in [0.15, 0.2) is 65.2 Å². The molecule has 0 aliphatic rings. The number of aromatic nitrogens is 1. The van der Waals surface area contributed by atoms with E-state index in [4.69, 9.17) is 16.9 Å². The highest BCUT2D eigenvalue weighted by Gasteiger charge is 2.13. The second-order valence-electron chi connectivity index (χ2n) is 6.55. The molecule has 0 aliphatic carbocycles. The summed E-state index contributed by atoms with van der Waals surface area (Å²) in [5, 5.41) is 13.1. The van der Waals surface area contributed by atoms with Crippen molar-refractivity contribution in [3.63, 3.8) is 0 Å². The topological polar surface area (TPSA) is 76.3 Å². The summed E-state index contributed by atoms with van der Waals surface area (Å²) in [6.07, 6.45) is 3.72. The van der Waals surface area contributed by atoms with Crippen LogP contribution in [0.25, 0.3) is 0 Å². The van der Waals surface area contributed by atoms with Crippen molar-refractivity contribution in [2.75, 3.05) is 17.8 Å². The Morgan fingerprint density at radius 1 is 1.37 bits per heavy atom. The lowest BCUT2D eigenvalue weighted by Gasteiger charge is -2.26. The maximum Gasteiger partial charge on any atom is 0.104 e. The summed E-state index contributed by atoms with van der Waals surface area (Å²) in [6, 6.07) is 11.4. The van der Waals surface area contributed by atoms with Crippen LogP contribution in [-0.4, -0.2) is 24.6 Å². The first kappa shape index (κ1) is 23.3. The van der Waals surface area contributed by atoms with E-state index in [2.05, 4.69) is 44.3 Å². The molecule has 30 heavy (non-hydrogen) atoms. The molecule has 0 unspecified atom stereocenters. The predicted octanol–water partition coefficient (Wildman–Crippen LogP) is 4.78. The molecule has 2 rings (SSSR count). The van der Waals surface area contributed by atoms with Crippen molar-refractivity contribution in [2.45, 2.75) is 20.4 Å². The van der Waals surface area contributed by atoms with Gasteiger partial charge in [-0.3, -0.25) is 9.98 Å². The van der Waals surface area contributed by atoms with Crippen LogP contribution >= 0.6 is 23.5 Å². The van der Waals surface area contributed by atoms with E-state index in [1.54, 1.807) is 18.3 Å². The fourth-order valence-corrected chi connectivity index (χ4v) is 3.38. The van der Waals surface area contributed by atoms with E-state index in [9.17, 15) is 0 Å². The average molecular weight is 441 g/mol. The lowest BCUT2D eigenvalue weighted by Crippen LogP contribution is -2.34. The van der Waals surface area contributed by atoms with E-state index in [1.807, 2.05) is 38.3 Å². The van der Waals surface area contributed by atoms with Gasteiger partial charge in [-0.1, -0.05) is 30.1 Å². The SMILES string of the molecule is C=N/C(C(=C)NSC)=C(/C)NCN(Cc1ncc(C)cc1Cl)c1ccc(C#N)cc1. The molecule has 0 amide bonds. The van der Waals surface area contributed by atoms with E-state index >= 15 is 0 Å². The first-order valence-corrected chi connectivity index (χ1v) is 10.8. The molecule has 0 radical (unpaired) electrons. The number of aryl methyl sites for hydroxylation is 1. The highest BCUT2D eigenvalue weighted by Crippen LogP contribution is 2.22. The molecule has 6 nitrogen and oxygen atoms in total. The monoisotopic (exact) mass is 440 g/mol. The Balaban J connectivity index is 2.29. The number of halogens is 1. The Hall–Kier alpha value is -2.95.